The molecule has 1 saturated heterocycles. The number of carbonyl (C=O) groups is 2. The van der Waals surface area contributed by atoms with Crippen molar-refractivity contribution in [2.24, 2.45) is 0 Å². The molecule has 0 radical (unpaired) electrons. The fourth-order valence-corrected chi connectivity index (χ4v) is 3.20. The van der Waals surface area contributed by atoms with Crippen LogP contribution in [0.2, 0.25) is 0 Å². The number of rotatable bonds is 6. The predicted molar refractivity (Wildman–Crippen MR) is 88.7 cm³/mol. The van der Waals surface area contributed by atoms with Crippen LogP contribution in [-0.4, -0.2) is 42.5 Å². The summed E-state index contributed by atoms with van der Waals surface area (Å²) >= 11 is 0. The van der Waals surface area contributed by atoms with Crippen LogP contribution in [0.1, 0.15) is 38.2 Å². The van der Waals surface area contributed by atoms with Crippen LogP contribution in [0.25, 0.3) is 0 Å². The van der Waals surface area contributed by atoms with Crippen molar-refractivity contribution in [2.45, 2.75) is 51.3 Å². The van der Waals surface area contributed by atoms with E-state index in [1.807, 2.05) is 4.90 Å². The number of piperidine rings is 1. The molecule has 2 atom stereocenters. The Balaban J connectivity index is 1.84. The highest BCUT2D eigenvalue weighted by molar-refractivity contribution is 5.76. The minimum atomic E-state index is -0.294. The van der Waals surface area contributed by atoms with E-state index in [0.29, 0.717) is 19.4 Å². The molecule has 0 saturated carbocycles. The first-order chi connectivity index (χ1) is 11.5. The van der Waals surface area contributed by atoms with Gasteiger partial charge in [0.05, 0.1) is 12.1 Å². The predicted octanol–water partition coefficient (Wildman–Crippen LogP) is 2.25. The molecule has 0 bridgehead atoms. The van der Waals surface area contributed by atoms with Crippen LogP contribution >= 0.6 is 0 Å². The number of benzene rings is 1. The standard InChI is InChI=1S/C18H25FN2O3/c1-13(22)21-11-3-4-17(24-2)16(21)9-10-18(23)20-12-14-5-7-15(19)8-6-14/h5-8,16-17H,3-4,9-12H2,1-2H3,(H,20,23)/t16-,17-/m0/s1. The van der Waals surface area contributed by atoms with Gasteiger partial charge in [-0.25, -0.2) is 4.39 Å². The molecule has 132 valence electrons. The normalized spacial score (nSPS) is 20.7. The largest absolute Gasteiger partial charge is 0.379 e. The summed E-state index contributed by atoms with van der Waals surface area (Å²) in [6.07, 6.45) is 2.71. The lowest BCUT2D eigenvalue weighted by molar-refractivity contribution is -0.138. The lowest BCUT2D eigenvalue weighted by Gasteiger charge is -2.40. The van der Waals surface area contributed by atoms with E-state index in [2.05, 4.69) is 5.32 Å². The van der Waals surface area contributed by atoms with Crippen molar-refractivity contribution in [1.29, 1.82) is 0 Å². The van der Waals surface area contributed by atoms with E-state index in [1.165, 1.54) is 12.1 Å². The third-order valence-electron chi connectivity index (χ3n) is 4.49. The molecule has 1 fully saturated rings. The summed E-state index contributed by atoms with van der Waals surface area (Å²) in [6, 6.07) is 5.98. The number of methoxy groups -OCH3 is 1. The van der Waals surface area contributed by atoms with E-state index in [9.17, 15) is 14.0 Å². The first kappa shape index (κ1) is 18.4. The molecular formula is C18H25FN2O3. The number of nitrogens with zero attached hydrogens (tertiary/aromatic N) is 1. The van der Waals surface area contributed by atoms with Crippen molar-refractivity contribution >= 4 is 11.8 Å². The second-order valence-corrected chi connectivity index (χ2v) is 6.14. The van der Waals surface area contributed by atoms with Gasteiger partial charge in [0, 0.05) is 33.5 Å². The quantitative estimate of drug-likeness (QED) is 0.867. The van der Waals surface area contributed by atoms with Crippen molar-refractivity contribution in [3.63, 3.8) is 0 Å². The zero-order chi connectivity index (χ0) is 17.5. The summed E-state index contributed by atoms with van der Waals surface area (Å²) in [7, 11) is 1.65. The molecule has 2 rings (SSSR count). The van der Waals surface area contributed by atoms with Crippen molar-refractivity contribution in [1.82, 2.24) is 10.2 Å². The second-order valence-electron chi connectivity index (χ2n) is 6.14. The Hall–Kier alpha value is -1.95. The maximum atomic E-state index is 12.9. The summed E-state index contributed by atoms with van der Waals surface area (Å²) in [5.41, 5.74) is 0.850. The van der Waals surface area contributed by atoms with Gasteiger partial charge in [0.15, 0.2) is 0 Å². The molecule has 1 aliphatic rings. The lowest BCUT2D eigenvalue weighted by atomic mass is 9.94. The smallest absolute Gasteiger partial charge is 0.220 e. The Bertz CT molecular complexity index is 562. The van der Waals surface area contributed by atoms with E-state index in [4.69, 9.17) is 4.74 Å². The van der Waals surface area contributed by atoms with E-state index in [-0.39, 0.29) is 29.8 Å². The maximum absolute atomic E-state index is 12.9. The summed E-state index contributed by atoms with van der Waals surface area (Å²) in [5, 5.41) is 2.83. The number of halogens is 1. The number of hydrogen-bond donors (Lipinski definition) is 1. The molecule has 24 heavy (non-hydrogen) atoms. The number of ether oxygens (including phenoxy) is 1. The minimum absolute atomic E-state index is 0.0208. The summed E-state index contributed by atoms with van der Waals surface area (Å²) in [5.74, 6) is -0.353. The fourth-order valence-electron chi connectivity index (χ4n) is 3.20. The summed E-state index contributed by atoms with van der Waals surface area (Å²) in [6.45, 7) is 2.64. The third-order valence-corrected chi connectivity index (χ3v) is 4.49. The molecule has 1 aromatic rings. The number of likely N-dealkylation sites (tertiary alicyclic amines) is 1. The Labute approximate surface area is 142 Å². The molecular weight excluding hydrogens is 311 g/mol. The first-order valence-corrected chi connectivity index (χ1v) is 8.32. The molecule has 5 nitrogen and oxygen atoms in total. The highest BCUT2D eigenvalue weighted by Crippen LogP contribution is 2.23. The van der Waals surface area contributed by atoms with Crippen LogP contribution < -0.4 is 5.32 Å². The minimum Gasteiger partial charge on any atom is -0.379 e. The molecule has 1 aromatic carbocycles. The average Bonchev–Trinajstić information content (AvgIpc) is 2.58. The average molecular weight is 336 g/mol. The molecule has 0 aromatic heterocycles. The Morgan fingerprint density at radius 3 is 2.67 bits per heavy atom. The zero-order valence-electron chi connectivity index (χ0n) is 14.3. The van der Waals surface area contributed by atoms with Crippen molar-refractivity contribution in [3.8, 4) is 0 Å². The van der Waals surface area contributed by atoms with Gasteiger partial charge in [-0.3, -0.25) is 9.59 Å². The Morgan fingerprint density at radius 2 is 2.04 bits per heavy atom. The van der Waals surface area contributed by atoms with Crippen LogP contribution in [0.15, 0.2) is 24.3 Å². The topological polar surface area (TPSA) is 58.6 Å². The number of amides is 2. The van der Waals surface area contributed by atoms with Crippen LogP contribution in [0.5, 0.6) is 0 Å². The van der Waals surface area contributed by atoms with E-state index in [1.54, 1.807) is 26.2 Å². The van der Waals surface area contributed by atoms with Crippen LogP contribution in [0, 0.1) is 5.82 Å². The van der Waals surface area contributed by atoms with Gasteiger partial charge in [0.1, 0.15) is 5.82 Å². The zero-order valence-corrected chi connectivity index (χ0v) is 14.3. The number of carbonyl (C=O) groups excluding carboxylic acids is 2. The van der Waals surface area contributed by atoms with E-state index < -0.39 is 0 Å². The number of hydrogen-bond acceptors (Lipinski definition) is 3. The van der Waals surface area contributed by atoms with Crippen LogP contribution in [-0.2, 0) is 20.9 Å². The lowest BCUT2D eigenvalue weighted by Crippen LogP contribution is -2.51. The highest BCUT2D eigenvalue weighted by atomic mass is 19.1. The second kappa shape index (κ2) is 8.78. The van der Waals surface area contributed by atoms with Crippen molar-refractivity contribution in [2.75, 3.05) is 13.7 Å². The molecule has 2 amide bonds. The Morgan fingerprint density at radius 1 is 1.33 bits per heavy atom. The van der Waals surface area contributed by atoms with Crippen LogP contribution in [0.3, 0.4) is 0 Å². The molecule has 1 aliphatic heterocycles. The van der Waals surface area contributed by atoms with Gasteiger partial charge in [-0.05, 0) is 37.0 Å². The molecule has 0 spiro atoms. The number of nitrogens with one attached hydrogen (secondary N) is 1. The van der Waals surface area contributed by atoms with Gasteiger partial charge in [-0.2, -0.15) is 0 Å². The molecule has 6 heteroatoms. The highest BCUT2D eigenvalue weighted by Gasteiger charge is 2.33. The maximum Gasteiger partial charge on any atom is 0.220 e. The third kappa shape index (κ3) is 5.03. The Kier molecular flexibility index (Phi) is 6.73. The van der Waals surface area contributed by atoms with Gasteiger partial charge in [-0.15, -0.1) is 0 Å². The van der Waals surface area contributed by atoms with Crippen LogP contribution in [0.4, 0.5) is 4.39 Å². The monoisotopic (exact) mass is 336 g/mol. The van der Waals surface area contributed by atoms with E-state index >= 15 is 0 Å². The molecule has 1 heterocycles. The van der Waals surface area contributed by atoms with Gasteiger partial charge >= 0.3 is 0 Å². The van der Waals surface area contributed by atoms with Gasteiger partial charge in [0.2, 0.25) is 11.8 Å². The summed E-state index contributed by atoms with van der Waals surface area (Å²) < 4.78 is 18.3. The summed E-state index contributed by atoms with van der Waals surface area (Å²) in [4.78, 5) is 25.7. The molecule has 0 unspecified atom stereocenters. The first-order valence-electron chi connectivity index (χ1n) is 8.32. The van der Waals surface area contributed by atoms with Gasteiger partial charge in [-0.1, -0.05) is 12.1 Å². The molecule has 0 aliphatic carbocycles. The SMILES string of the molecule is CO[C@H]1CCCN(C(C)=O)[C@H]1CCC(=O)NCc1ccc(F)cc1. The molecule has 1 N–H and O–H groups in total. The van der Waals surface area contributed by atoms with Gasteiger partial charge in [0.25, 0.3) is 0 Å². The van der Waals surface area contributed by atoms with Gasteiger partial charge < -0.3 is 15.0 Å². The van der Waals surface area contributed by atoms with Crippen molar-refractivity contribution < 1.29 is 18.7 Å². The fraction of sp³-hybridized carbons (Fsp3) is 0.556. The van der Waals surface area contributed by atoms with Crippen molar-refractivity contribution in [3.05, 3.63) is 35.6 Å². The van der Waals surface area contributed by atoms with E-state index in [0.717, 1.165) is 24.9 Å².